The Bertz CT molecular complexity index is 640. The number of hydrogen-bond acceptors (Lipinski definition) is 4. The fraction of sp³-hybridized carbons (Fsp3) is 0.462. The molecule has 20 heavy (non-hydrogen) atoms. The lowest BCUT2D eigenvalue weighted by Gasteiger charge is -2.29. The van der Waals surface area contributed by atoms with Crippen molar-refractivity contribution in [2.45, 2.75) is 23.8 Å². The van der Waals surface area contributed by atoms with E-state index in [9.17, 15) is 8.42 Å². The number of sulfonamides is 1. The first-order valence-electron chi connectivity index (χ1n) is 6.33. The van der Waals surface area contributed by atoms with Crippen LogP contribution in [0.15, 0.2) is 23.1 Å². The van der Waals surface area contributed by atoms with Gasteiger partial charge in [-0.05, 0) is 44.6 Å². The molecule has 0 amide bonds. The predicted molar refractivity (Wildman–Crippen MR) is 77.0 cm³/mol. The van der Waals surface area contributed by atoms with Crippen LogP contribution in [0.25, 0.3) is 0 Å². The predicted octanol–water partition coefficient (Wildman–Crippen LogP) is 1.58. The van der Waals surface area contributed by atoms with Gasteiger partial charge in [0, 0.05) is 12.6 Å². The molecule has 0 spiro atoms. The van der Waals surface area contributed by atoms with Crippen LogP contribution in [0.4, 0.5) is 0 Å². The van der Waals surface area contributed by atoms with E-state index in [4.69, 9.17) is 16.9 Å². The highest BCUT2D eigenvalue weighted by molar-refractivity contribution is 7.89. The minimum Gasteiger partial charge on any atom is -0.305 e. The standard InChI is InChI=1S/C13H16ClN3O2S/c1-17-6-2-3-11(9-17)16-20(18,19)12-5-4-10(8-15)13(14)7-12/h4-5,7,11,16H,2-3,6,9H2,1H3. The van der Waals surface area contributed by atoms with E-state index in [-0.39, 0.29) is 21.5 Å². The van der Waals surface area contributed by atoms with Crippen molar-refractivity contribution in [1.29, 1.82) is 5.26 Å². The molecule has 5 nitrogen and oxygen atoms in total. The molecule has 0 aromatic heterocycles. The molecule has 0 bridgehead atoms. The molecule has 1 aliphatic heterocycles. The molecule has 1 N–H and O–H groups in total. The number of likely N-dealkylation sites (tertiary alicyclic amines) is 1. The van der Waals surface area contributed by atoms with Crippen LogP contribution in [0.3, 0.4) is 0 Å². The molecule has 1 unspecified atom stereocenters. The third-order valence-electron chi connectivity index (χ3n) is 3.32. The smallest absolute Gasteiger partial charge is 0.240 e. The highest BCUT2D eigenvalue weighted by atomic mass is 35.5. The maximum Gasteiger partial charge on any atom is 0.240 e. The fourth-order valence-corrected chi connectivity index (χ4v) is 3.88. The van der Waals surface area contributed by atoms with E-state index in [1.165, 1.54) is 18.2 Å². The molecule has 1 aliphatic rings. The maximum atomic E-state index is 12.3. The van der Waals surface area contributed by atoms with Crippen LogP contribution in [-0.2, 0) is 10.0 Å². The van der Waals surface area contributed by atoms with Gasteiger partial charge >= 0.3 is 0 Å². The van der Waals surface area contributed by atoms with Gasteiger partial charge in [0.05, 0.1) is 15.5 Å². The molecule has 0 radical (unpaired) electrons. The number of nitriles is 1. The number of hydrogen-bond donors (Lipinski definition) is 1. The van der Waals surface area contributed by atoms with E-state index < -0.39 is 10.0 Å². The van der Waals surface area contributed by atoms with Crippen LogP contribution in [0.5, 0.6) is 0 Å². The molecule has 1 aromatic rings. The van der Waals surface area contributed by atoms with E-state index in [0.29, 0.717) is 6.54 Å². The summed E-state index contributed by atoms with van der Waals surface area (Å²) >= 11 is 5.88. The molecule has 0 saturated carbocycles. The van der Waals surface area contributed by atoms with Gasteiger partial charge < -0.3 is 4.90 Å². The van der Waals surface area contributed by atoms with Crippen LogP contribution in [-0.4, -0.2) is 39.5 Å². The summed E-state index contributed by atoms with van der Waals surface area (Å²) in [5.41, 5.74) is 0.267. The molecule has 7 heteroatoms. The largest absolute Gasteiger partial charge is 0.305 e. The Hall–Kier alpha value is -1.13. The first kappa shape index (κ1) is 15.3. The molecular weight excluding hydrogens is 298 g/mol. The molecular formula is C13H16ClN3O2S. The summed E-state index contributed by atoms with van der Waals surface area (Å²) in [4.78, 5) is 2.19. The Morgan fingerprint density at radius 2 is 2.25 bits per heavy atom. The molecule has 1 heterocycles. The van der Waals surface area contributed by atoms with E-state index in [1.807, 2.05) is 13.1 Å². The van der Waals surface area contributed by atoms with Crippen LogP contribution in [0.1, 0.15) is 18.4 Å². The van der Waals surface area contributed by atoms with Gasteiger partial charge in [-0.25, -0.2) is 13.1 Å². The molecule has 1 atom stereocenters. The number of halogens is 1. The Labute approximate surface area is 124 Å². The van der Waals surface area contributed by atoms with Gasteiger partial charge in [0.1, 0.15) is 6.07 Å². The van der Waals surface area contributed by atoms with Crippen molar-refractivity contribution in [3.8, 4) is 6.07 Å². The fourth-order valence-electron chi connectivity index (χ4n) is 2.30. The van der Waals surface area contributed by atoms with E-state index >= 15 is 0 Å². The van der Waals surface area contributed by atoms with Gasteiger partial charge in [0.15, 0.2) is 0 Å². The zero-order valence-corrected chi connectivity index (χ0v) is 12.7. The summed E-state index contributed by atoms with van der Waals surface area (Å²) in [6, 6.07) is 5.95. The quantitative estimate of drug-likeness (QED) is 0.919. The molecule has 108 valence electrons. The van der Waals surface area contributed by atoms with Gasteiger partial charge in [-0.15, -0.1) is 0 Å². The normalized spacial score (nSPS) is 20.6. The minimum absolute atomic E-state index is 0.0897. The molecule has 1 fully saturated rings. The SMILES string of the molecule is CN1CCCC(NS(=O)(=O)c2ccc(C#N)c(Cl)c2)C1. The van der Waals surface area contributed by atoms with E-state index in [1.54, 1.807) is 0 Å². The first-order chi connectivity index (χ1) is 9.42. The average molecular weight is 314 g/mol. The van der Waals surface area contributed by atoms with E-state index in [2.05, 4.69) is 9.62 Å². The van der Waals surface area contributed by atoms with Crippen molar-refractivity contribution >= 4 is 21.6 Å². The molecule has 1 saturated heterocycles. The summed E-state index contributed by atoms with van der Waals surface area (Å²) in [5, 5.41) is 8.95. The van der Waals surface area contributed by atoms with Crippen molar-refractivity contribution in [3.05, 3.63) is 28.8 Å². The third kappa shape index (κ3) is 3.49. The average Bonchev–Trinajstić information content (AvgIpc) is 2.38. The van der Waals surface area contributed by atoms with E-state index in [0.717, 1.165) is 19.4 Å². The van der Waals surface area contributed by atoms with Gasteiger partial charge in [0.25, 0.3) is 0 Å². The second-order valence-electron chi connectivity index (χ2n) is 4.98. The van der Waals surface area contributed by atoms with Gasteiger partial charge in [-0.3, -0.25) is 0 Å². The number of rotatable bonds is 3. The molecule has 1 aromatic carbocycles. The third-order valence-corrected chi connectivity index (χ3v) is 5.15. The monoisotopic (exact) mass is 313 g/mol. The zero-order valence-electron chi connectivity index (χ0n) is 11.1. The van der Waals surface area contributed by atoms with Crippen LogP contribution >= 0.6 is 11.6 Å². The van der Waals surface area contributed by atoms with Crippen molar-refractivity contribution in [2.24, 2.45) is 0 Å². The molecule has 0 aliphatic carbocycles. The van der Waals surface area contributed by atoms with Gasteiger partial charge in [-0.2, -0.15) is 5.26 Å². The van der Waals surface area contributed by atoms with Crippen molar-refractivity contribution in [3.63, 3.8) is 0 Å². The Morgan fingerprint density at radius 3 is 2.85 bits per heavy atom. The lowest BCUT2D eigenvalue weighted by molar-refractivity contribution is 0.242. The summed E-state index contributed by atoms with van der Waals surface area (Å²) in [6.07, 6.45) is 1.80. The van der Waals surface area contributed by atoms with Gasteiger partial charge in [0.2, 0.25) is 10.0 Å². The number of likely N-dealkylation sites (N-methyl/N-ethyl adjacent to an activating group) is 1. The Kier molecular flexibility index (Phi) is 4.66. The maximum absolute atomic E-state index is 12.3. The molecule has 2 rings (SSSR count). The highest BCUT2D eigenvalue weighted by Crippen LogP contribution is 2.21. The number of nitrogens with zero attached hydrogens (tertiary/aromatic N) is 2. The van der Waals surface area contributed by atoms with Crippen molar-refractivity contribution in [1.82, 2.24) is 9.62 Å². The second kappa shape index (κ2) is 6.10. The lowest BCUT2D eigenvalue weighted by atomic mass is 10.1. The number of benzene rings is 1. The van der Waals surface area contributed by atoms with Crippen LogP contribution in [0, 0.1) is 11.3 Å². The van der Waals surface area contributed by atoms with Crippen LogP contribution in [0.2, 0.25) is 5.02 Å². The minimum atomic E-state index is -3.60. The van der Waals surface area contributed by atoms with Gasteiger partial charge in [-0.1, -0.05) is 11.6 Å². The van der Waals surface area contributed by atoms with Crippen LogP contribution < -0.4 is 4.72 Å². The Balaban J connectivity index is 2.18. The summed E-state index contributed by atoms with van der Waals surface area (Å²) in [7, 11) is -1.63. The zero-order chi connectivity index (χ0) is 14.8. The van der Waals surface area contributed by atoms with Crippen molar-refractivity contribution in [2.75, 3.05) is 20.1 Å². The summed E-state index contributed by atoms with van der Waals surface area (Å²) in [5.74, 6) is 0. The lowest BCUT2D eigenvalue weighted by Crippen LogP contribution is -2.46. The van der Waals surface area contributed by atoms with Crippen molar-refractivity contribution < 1.29 is 8.42 Å². The summed E-state index contributed by atoms with van der Waals surface area (Å²) < 4.78 is 27.3. The number of piperidine rings is 1. The second-order valence-corrected chi connectivity index (χ2v) is 7.10. The highest BCUT2D eigenvalue weighted by Gasteiger charge is 2.24. The topological polar surface area (TPSA) is 73.2 Å². The Morgan fingerprint density at radius 1 is 1.50 bits per heavy atom. The first-order valence-corrected chi connectivity index (χ1v) is 8.19. The summed E-state index contributed by atoms with van der Waals surface area (Å²) in [6.45, 7) is 1.68. The number of nitrogens with one attached hydrogen (secondary N) is 1.